The Morgan fingerprint density at radius 3 is 2.54 bits per heavy atom. The fourth-order valence-corrected chi connectivity index (χ4v) is 3.45. The smallest absolute Gasteiger partial charge is 0.159 e. The van der Waals surface area contributed by atoms with Gasteiger partial charge >= 0.3 is 0 Å². The molecule has 1 aromatic rings. The summed E-state index contributed by atoms with van der Waals surface area (Å²) in [4.78, 5) is 0. The predicted molar refractivity (Wildman–Crippen MR) is 93.3 cm³/mol. The van der Waals surface area contributed by atoms with E-state index in [1.54, 1.807) is 12.1 Å². The molecule has 0 N–H and O–H groups in total. The van der Waals surface area contributed by atoms with Crippen LogP contribution in [-0.2, 0) is 6.42 Å². The van der Waals surface area contributed by atoms with Crippen molar-refractivity contribution in [3.63, 3.8) is 0 Å². The molecule has 0 bridgehead atoms. The van der Waals surface area contributed by atoms with Crippen molar-refractivity contribution in [3.05, 3.63) is 59.7 Å². The zero-order valence-electron chi connectivity index (χ0n) is 14.1. The van der Waals surface area contributed by atoms with Crippen LogP contribution >= 0.6 is 0 Å². The lowest BCUT2D eigenvalue weighted by molar-refractivity contribution is 0.289. The molecule has 1 fully saturated rings. The highest BCUT2D eigenvalue weighted by Gasteiger charge is 2.18. The lowest BCUT2D eigenvalue weighted by atomic mass is 9.79. The third-order valence-corrected chi connectivity index (χ3v) is 4.87. The summed E-state index contributed by atoms with van der Waals surface area (Å²) in [6.07, 6.45) is 16.7. The van der Waals surface area contributed by atoms with E-state index in [0.717, 1.165) is 30.7 Å². The van der Waals surface area contributed by atoms with Crippen LogP contribution in [0, 0.1) is 34.8 Å². The van der Waals surface area contributed by atoms with Crippen molar-refractivity contribution < 1.29 is 8.78 Å². The highest BCUT2D eigenvalue weighted by atomic mass is 19.2. The Kier molecular flexibility index (Phi) is 7.68. The number of hydrogen-bond donors (Lipinski definition) is 0. The van der Waals surface area contributed by atoms with Crippen LogP contribution in [0.15, 0.2) is 42.5 Å². The molecule has 1 aromatic carbocycles. The number of allylic oxidation sites excluding steroid dienone is 4. The zero-order valence-corrected chi connectivity index (χ0v) is 14.1. The molecule has 1 aliphatic carbocycles. The molecule has 128 valence electrons. The topological polar surface area (TPSA) is 23.8 Å². The summed E-state index contributed by atoms with van der Waals surface area (Å²) in [5, 5.41) is 8.43. The third kappa shape index (κ3) is 6.28. The first-order valence-corrected chi connectivity index (χ1v) is 8.86. The number of benzene rings is 1. The number of nitrogens with zero attached hydrogens (tertiary/aromatic N) is 1. The van der Waals surface area contributed by atoms with Crippen LogP contribution in [0.3, 0.4) is 0 Å². The number of aryl methyl sites for hydroxylation is 1. The summed E-state index contributed by atoms with van der Waals surface area (Å²) in [6.45, 7) is 0. The fraction of sp³-hybridized carbons (Fsp3) is 0.476. The molecule has 0 heterocycles. The largest absolute Gasteiger partial charge is 0.204 e. The van der Waals surface area contributed by atoms with E-state index in [1.165, 1.54) is 50.3 Å². The van der Waals surface area contributed by atoms with E-state index < -0.39 is 11.6 Å². The molecule has 1 nitrogen and oxygen atoms in total. The van der Waals surface area contributed by atoms with Crippen LogP contribution < -0.4 is 0 Å². The molecule has 0 radical (unpaired) electrons. The monoisotopic (exact) mass is 329 g/mol. The average Bonchev–Trinajstić information content (AvgIpc) is 2.60. The lowest BCUT2D eigenvalue weighted by Gasteiger charge is -2.26. The van der Waals surface area contributed by atoms with E-state index in [0.29, 0.717) is 5.92 Å². The van der Waals surface area contributed by atoms with Crippen LogP contribution in [0.5, 0.6) is 0 Å². The second kappa shape index (κ2) is 10.0. The molecule has 24 heavy (non-hydrogen) atoms. The minimum atomic E-state index is -0.771. The van der Waals surface area contributed by atoms with Gasteiger partial charge in [0.1, 0.15) is 0 Å². The van der Waals surface area contributed by atoms with Crippen LogP contribution in [0.4, 0.5) is 8.78 Å². The summed E-state index contributed by atoms with van der Waals surface area (Å²) >= 11 is 0. The quantitative estimate of drug-likeness (QED) is 0.336. The molecular formula is C21H25F2N. The van der Waals surface area contributed by atoms with Crippen molar-refractivity contribution in [3.8, 4) is 6.07 Å². The number of hydrogen-bond acceptors (Lipinski definition) is 1. The van der Waals surface area contributed by atoms with Gasteiger partial charge in [-0.15, -0.1) is 0 Å². The highest BCUT2D eigenvalue weighted by molar-refractivity contribution is 5.17. The molecule has 0 aromatic heterocycles. The molecular weight excluding hydrogens is 304 g/mol. The number of nitriles is 1. The summed E-state index contributed by atoms with van der Waals surface area (Å²) in [5.74, 6) is -0.0720. The van der Waals surface area contributed by atoms with E-state index >= 15 is 0 Å². The second-order valence-corrected chi connectivity index (χ2v) is 6.65. The number of halogens is 2. The van der Waals surface area contributed by atoms with Gasteiger partial charge in [0.2, 0.25) is 0 Å². The van der Waals surface area contributed by atoms with Gasteiger partial charge in [-0.3, -0.25) is 0 Å². The molecule has 3 heteroatoms. The van der Waals surface area contributed by atoms with Gasteiger partial charge in [-0.1, -0.05) is 37.1 Å². The Labute approximate surface area is 143 Å². The van der Waals surface area contributed by atoms with Crippen molar-refractivity contribution in [2.45, 2.75) is 51.4 Å². The van der Waals surface area contributed by atoms with Crippen molar-refractivity contribution in [2.75, 3.05) is 0 Å². The van der Waals surface area contributed by atoms with Gasteiger partial charge < -0.3 is 0 Å². The standard InChI is InChI=1S/C21H25F2N/c22-20-14-13-19(16-21(20)23)8-4-3-7-18-11-9-17(10-12-18)6-2-1-5-15-24/h1-2,5-6,13-14,16-18H,3-4,7-12H2/b5-1+,6-2+/t17-,18-. The van der Waals surface area contributed by atoms with Crippen molar-refractivity contribution in [2.24, 2.45) is 11.8 Å². The summed E-state index contributed by atoms with van der Waals surface area (Å²) in [6, 6.07) is 6.19. The average molecular weight is 329 g/mol. The van der Waals surface area contributed by atoms with Crippen molar-refractivity contribution >= 4 is 0 Å². The fourth-order valence-electron chi connectivity index (χ4n) is 3.45. The van der Waals surface area contributed by atoms with Crippen molar-refractivity contribution in [1.82, 2.24) is 0 Å². The summed E-state index contributed by atoms with van der Waals surface area (Å²) < 4.78 is 26.0. The molecule has 0 spiro atoms. The van der Waals surface area contributed by atoms with Gasteiger partial charge in [0, 0.05) is 6.08 Å². The Morgan fingerprint density at radius 1 is 1.04 bits per heavy atom. The predicted octanol–water partition coefficient (Wildman–Crippen LogP) is 6.12. The van der Waals surface area contributed by atoms with Crippen molar-refractivity contribution in [1.29, 1.82) is 5.26 Å². The van der Waals surface area contributed by atoms with E-state index in [-0.39, 0.29) is 0 Å². The third-order valence-electron chi connectivity index (χ3n) is 4.87. The summed E-state index contributed by atoms with van der Waals surface area (Å²) in [5.41, 5.74) is 0.883. The maximum atomic E-state index is 13.1. The van der Waals surface area contributed by atoms with E-state index in [1.807, 2.05) is 12.1 Å². The Bertz CT molecular complexity index is 605. The van der Waals surface area contributed by atoms with E-state index in [9.17, 15) is 8.78 Å². The Balaban J connectivity index is 1.61. The van der Waals surface area contributed by atoms with Gasteiger partial charge in [-0.05, 0) is 68.1 Å². The molecule has 0 saturated heterocycles. The molecule has 0 atom stereocenters. The second-order valence-electron chi connectivity index (χ2n) is 6.65. The molecule has 1 saturated carbocycles. The molecule has 1 aliphatic rings. The Hall–Kier alpha value is -1.95. The normalized spacial score (nSPS) is 21.4. The SMILES string of the molecule is N#C/C=C/C=C/[C@H]1CC[C@H](CCCCc2ccc(F)c(F)c2)CC1. The van der Waals surface area contributed by atoms with E-state index in [2.05, 4.69) is 6.08 Å². The van der Waals surface area contributed by atoms with E-state index in [4.69, 9.17) is 5.26 Å². The van der Waals surface area contributed by atoms with Gasteiger partial charge in [-0.25, -0.2) is 8.78 Å². The highest BCUT2D eigenvalue weighted by Crippen LogP contribution is 2.32. The number of rotatable bonds is 7. The summed E-state index contributed by atoms with van der Waals surface area (Å²) in [7, 11) is 0. The first-order valence-electron chi connectivity index (χ1n) is 8.86. The maximum absolute atomic E-state index is 13.1. The minimum Gasteiger partial charge on any atom is -0.204 e. The first-order chi connectivity index (χ1) is 11.7. The van der Waals surface area contributed by atoms with Crippen LogP contribution in [0.25, 0.3) is 0 Å². The molecule has 0 aliphatic heterocycles. The van der Waals surface area contributed by atoms with Gasteiger partial charge in [-0.2, -0.15) is 5.26 Å². The van der Waals surface area contributed by atoms with Gasteiger partial charge in [0.15, 0.2) is 11.6 Å². The Morgan fingerprint density at radius 2 is 1.83 bits per heavy atom. The van der Waals surface area contributed by atoms with Gasteiger partial charge in [0.05, 0.1) is 6.07 Å². The molecule has 0 amide bonds. The van der Waals surface area contributed by atoms with Gasteiger partial charge in [0.25, 0.3) is 0 Å². The molecule has 2 rings (SSSR count). The lowest BCUT2D eigenvalue weighted by Crippen LogP contribution is -2.13. The first kappa shape index (κ1) is 18.4. The maximum Gasteiger partial charge on any atom is 0.159 e. The zero-order chi connectivity index (χ0) is 17.2. The minimum absolute atomic E-state index is 0.645. The molecule has 0 unspecified atom stereocenters. The number of unbranched alkanes of at least 4 members (excludes halogenated alkanes) is 1. The van der Waals surface area contributed by atoms with Crippen LogP contribution in [-0.4, -0.2) is 0 Å². The van der Waals surface area contributed by atoms with Crippen LogP contribution in [0.1, 0.15) is 50.5 Å². The van der Waals surface area contributed by atoms with Crippen LogP contribution in [0.2, 0.25) is 0 Å².